The number of carbonyl (C=O) groups excluding carboxylic acids is 3. The molecule has 2 saturated heterocycles. The maximum Gasteiger partial charge on any atom is 0.408 e. The van der Waals surface area contributed by atoms with Crippen LogP contribution < -0.4 is 5.32 Å². The zero-order chi connectivity index (χ0) is 42.8. The van der Waals surface area contributed by atoms with Crippen molar-refractivity contribution >= 4 is 17.9 Å². The predicted octanol–water partition coefficient (Wildman–Crippen LogP) is 8.89. The van der Waals surface area contributed by atoms with Gasteiger partial charge in [0, 0.05) is 31.1 Å². The second-order valence-corrected chi connectivity index (χ2v) is 16.0. The number of hydrogen-bond donors (Lipinski definition) is 2. The van der Waals surface area contributed by atoms with Gasteiger partial charge in [0.1, 0.15) is 12.6 Å². The average Bonchev–Trinajstić information content (AvgIpc) is 3.57. The number of imide groups is 1. The second kappa shape index (κ2) is 20.0. The first-order valence-corrected chi connectivity index (χ1v) is 21.1. The molecule has 10 nitrogen and oxygen atoms in total. The Kier molecular flexibility index (Phi) is 13.6. The van der Waals surface area contributed by atoms with Crippen molar-refractivity contribution in [3.8, 4) is 11.1 Å². The van der Waals surface area contributed by atoms with Crippen LogP contribution in [0.15, 0.2) is 164 Å². The Morgan fingerprint density at radius 1 is 0.710 bits per heavy atom. The van der Waals surface area contributed by atoms with E-state index in [1.165, 1.54) is 16.0 Å². The molecule has 10 heteroatoms. The first-order valence-electron chi connectivity index (χ1n) is 21.1. The number of rotatable bonds is 15. The average molecular weight is 830 g/mol. The molecule has 6 aromatic carbocycles. The lowest BCUT2D eigenvalue weighted by Gasteiger charge is -2.43. The molecule has 0 spiro atoms. The number of nitrogens with one attached hydrogen (secondary N) is 1. The summed E-state index contributed by atoms with van der Waals surface area (Å²) in [5.74, 6) is -0.841. The van der Waals surface area contributed by atoms with Crippen LogP contribution in [0, 0.1) is 5.92 Å². The summed E-state index contributed by atoms with van der Waals surface area (Å²) in [7, 11) is 0. The third-order valence-corrected chi connectivity index (χ3v) is 11.6. The molecule has 62 heavy (non-hydrogen) atoms. The SMILES string of the molecule is C[C@H]1[C@@H](CN(Cc2ccccc2)Cc2ccccc2)O[C@@H](c2ccc(-c3ccccc3CN3C(=O)CC(NC(=O)OCc4ccccc4)C3=O)cc2)O[C@H]1c1ccc(CO)cc1. The van der Waals surface area contributed by atoms with E-state index < -0.39 is 24.3 Å². The molecule has 2 aliphatic rings. The van der Waals surface area contributed by atoms with Crippen molar-refractivity contribution in [2.24, 2.45) is 5.92 Å². The van der Waals surface area contributed by atoms with Gasteiger partial charge in [0.25, 0.3) is 5.91 Å². The number of ether oxygens (including phenoxy) is 3. The highest BCUT2D eigenvalue weighted by atomic mass is 16.7. The molecule has 0 bridgehead atoms. The zero-order valence-electron chi connectivity index (χ0n) is 34.7. The number of benzene rings is 6. The topological polar surface area (TPSA) is 118 Å². The van der Waals surface area contributed by atoms with Crippen LogP contribution in [0.25, 0.3) is 11.1 Å². The molecule has 0 aliphatic carbocycles. The van der Waals surface area contributed by atoms with E-state index >= 15 is 0 Å². The zero-order valence-corrected chi connectivity index (χ0v) is 34.7. The smallest absolute Gasteiger partial charge is 0.408 e. The summed E-state index contributed by atoms with van der Waals surface area (Å²) in [6.07, 6.45) is -2.02. The van der Waals surface area contributed by atoms with Crippen molar-refractivity contribution in [3.63, 3.8) is 0 Å². The summed E-state index contributed by atoms with van der Waals surface area (Å²) in [4.78, 5) is 42.8. The molecule has 0 radical (unpaired) electrons. The lowest BCUT2D eigenvalue weighted by Crippen LogP contribution is -2.44. The minimum atomic E-state index is -1.00. The van der Waals surface area contributed by atoms with Crippen molar-refractivity contribution in [3.05, 3.63) is 203 Å². The molecule has 8 rings (SSSR count). The fraction of sp³-hybridized carbons (Fsp3) is 0.250. The van der Waals surface area contributed by atoms with Gasteiger partial charge < -0.3 is 24.6 Å². The van der Waals surface area contributed by atoms with Gasteiger partial charge in [0.2, 0.25) is 5.91 Å². The van der Waals surface area contributed by atoms with Gasteiger partial charge in [0.05, 0.1) is 31.8 Å². The number of amides is 3. The first kappa shape index (κ1) is 42.3. The largest absolute Gasteiger partial charge is 0.445 e. The van der Waals surface area contributed by atoms with E-state index in [2.05, 4.69) is 65.7 Å². The number of aliphatic hydroxyl groups is 1. The molecule has 3 amide bonds. The number of hydrogen-bond acceptors (Lipinski definition) is 8. The van der Waals surface area contributed by atoms with Crippen molar-refractivity contribution < 1.29 is 33.7 Å². The van der Waals surface area contributed by atoms with E-state index in [1.807, 2.05) is 115 Å². The van der Waals surface area contributed by atoms with Crippen LogP contribution in [-0.4, -0.2) is 51.5 Å². The molecule has 6 aromatic rings. The Bertz CT molecular complexity index is 2370. The van der Waals surface area contributed by atoms with Crippen LogP contribution in [0.2, 0.25) is 0 Å². The minimum absolute atomic E-state index is 0.00263. The molecular formula is C52H51N3O7. The van der Waals surface area contributed by atoms with Crippen molar-refractivity contribution in [1.82, 2.24) is 15.1 Å². The Morgan fingerprint density at radius 2 is 1.29 bits per heavy atom. The van der Waals surface area contributed by atoms with E-state index in [0.717, 1.165) is 52.0 Å². The summed E-state index contributed by atoms with van der Waals surface area (Å²) in [6, 6.07) is 52.9. The number of nitrogens with zero attached hydrogens (tertiary/aromatic N) is 2. The van der Waals surface area contributed by atoms with Crippen molar-refractivity contribution in [2.75, 3.05) is 6.54 Å². The van der Waals surface area contributed by atoms with E-state index in [9.17, 15) is 19.5 Å². The summed E-state index contributed by atoms with van der Waals surface area (Å²) in [5, 5.41) is 12.3. The van der Waals surface area contributed by atoms with Crippen LogP contribution in [0.5, 0.6) is 0 Å². The Morgan fingerprint density at radius 3 is 1.92 bits per heavy atom. The van der Waals surface area contributed by atoms with Gasteiger partial charge in [-0.2, -0.15) is 0 Å². The molecule has 1 unspecified atom stereocenters. The van der Waals surface area contributed by atoms with Crippen LogP contribution in [-0.2, 0) is 56.6 Å². The lowest BCUT2D eigenvalue weighted by atomic mass is 9.89. The van der Waals surface area contributed by atoms with E-state index in [1.54, 1.807) is 0 Å². The molecule has 2 N–H and O–H groups in total. The fourth-order valence-corrected chi connectivity index (χ4v) is 8.25. The van der Waals surface area contributed by atoms with Gasteiger partial charge in [-0.15, -0.1) is 0 Å². The summed E-state index contributed by atoms with van der Waals surface area (Å²) in [5.41, 5.74) is 8.53. The third kappa shape index (κ3) is 10.4. The van der Waals surface area contributed by atoms with Crippen LogP contribution >= 0.6 is 0 Å². The van der Waals surface area contributed by atoms with Crippen LogP contribution in [0.3, 0.4) is 0 Å². The molecule has 5 atom stereocenters. The monoisotopic (exact) mass is 829 g/mol. The number of carbonyl (C=O) groups is 3. The van der Waals surface area contributed by atoms with Crippen LogP contribution in [0.1, 0.15) is 64.7 Å². The maximum atomic E-state index is 13.5. The first-order chi connectivity index (χ1) is 30.3. The standard InChI is InChI=1S/C52H51N3O7/c1-36-47(33-54(30-37-13-5-2-6-14-37)31-38-15-7-3-8-16-38)61-51(62-49(36)42-23-21-39(34-56)22-24-42)43-27-25-41(26-28-43)45-20-12-11-19-44(45)32-55-48(57)29-46(50(55)58)53-52(59)60-35-40-17-9-4-10-18-40/h2-28,36,46-47,49,51,56H,29-35H2,1H3,(H,53,59)/t36-,46?,47+,49+,51+/m0/s1. The van der Waals surface area contributed by atoms with Crippen LogP contribution in [0.4, 0.5) is 4.79 Å². The molecule has 316 valence electrons. The van der Waals surface area contributed by atoms with Gasteiger partial charge >= 0.3 is 6.09 Å². The van der Waals surface area contributed by atoms with E-state index in [0.29, 0.717) is 6.54 Å². The highest BCUT2D eigenvalue weighted by Gasteiger charge is 2.41. The molecule has 2 aliphatic heterocycles. The fourth-order valence-electron chi connectivity index (χ4n) is 8.25. The Balaban J connectivity index is 0.994. The third-order valence-electron chi connectivity index (χ3n) is 11.6. The lowest BCUT2D eigenvalue weighted by molar-refractivity contribution is -0.276. The molecule has 2 fully saturated rings. The summed E-state index contributed by atoms with van der Waals surface area (Å²) < 4.78 is 19.1. The Hall–Kier alpha value is -6.43. The highest BCUT2D eigenvalue weighted by Crippen LogP contribution is 2.42. The highest BCUT2D eigenvalue weighted by molar-refractivity contribution is 6.06. The normalized spacial score (nSPS) is 20.0. The van der Waals surface area contributed by atoms with Gasteiger partial charge in [-0.3, -0.25) is 19.4 Å². The van der Waals surface area contributed by atoms with Gasteiger partial charge in [-0.1, -0.05) is 171 Å². The Labute approximate surface area is 362 Å². The van der Waals surface area contributed by atoms with Crippen molar-refractivity contribution in [2.45, 2.75) is 70.7 Å². The summed E-state index contributed by atoms with van der Waals surface area (Å²) >= 11 is 0. The number of alkyl carbamates (subject to hydrolysis) is 1. The van der Waals surface area contributed by atoms with E-state index in [-0.39, 0.29) is 50.2 Å². The van der Waals surface area contributed by atoms with Gasteiger partial charge in [-0.25, -0.2) is 4.79 Å². The molecular weight excluding hydrogens is 779 g/mol. The van der Waals surface area contributed by atoms with Gasteiger partial charge in [0.15, 0.2) is 6.29 Å². The number of likely N-dealkylation sites (tertiary alicyclic amines) is 1. The van der Waals surface area contributed by atoms with Crippen molar-refractivity contribution in [1.29, 1.82) is 0 Å². The molecule has 2 heterocycles. The number of aliphatic hydroxyl groups excluding tert-OH is 1. The second-order valence-electron chi connectivity index (χ2n) is 16.0. The quantitative estimate of drug-likeness (QED) is 0.0987. The predicted molar refractivity (Wildman–Crippen MR) is 236 cm³/mol. The molecule has 0 saturated carbocycles. The maximum absolute atomic E-state index is 13.5. The minimum Gasteiger partial charge on any atom is -0.445 e. The summed E-state index contributed by atoms with van der Waals surface area (Å²) in [6.45, 7) is 4.43. The van der Waals surface area contributed by atoms with Gasteiger partial charge in [-0.05, 0) is 44.5 Å². The van der Waals surface area contributed by atoms with E-state index in [4.69, 9.17) is 14.2 Å². The molecule has 0 aromatic heterocycles.